The lowest BCUT2D eigenvalue weighted by molar-refractivity contribution is -0.164. The molecule has 5 rings (SSSR count). The molecule has 0 atom stereocenters. The van der Waals surface area contributed by atoms with Crippen LogP contribution < -0.4 is 20.3 Å². The van der Waals surface area contributed by atoms with Gasteiger partial charge in [0, 0.05) is 55.8 Å². The van der Waals surface area contributed by atoms with Crippen molar-refractivity contribution in [1.29, 1.82) is 0 Å². The molecular weight excluding hydrogens is 524 g/mol. The van der Waals surface area contributed by atoms with Gasteiger partial charge >= 0.3 is 0 Å². The van der Waals surface area contributed by atoms with Gasteiger partial charge in [0.05, 0.1) is 17.2 Å². The molecule has 0 unspecified atom stereocenters. The minimum atomic E-state index is -0.314. The van der Waals surface area contributed by atoms with Crippen molar-refractivity contribution < 1.29 is 9.53 Å². The average molecular weight is 565 g/mol. The number of piperazine rings is 1. The Hall–Kier alpha value is -2.86. The Balaban J connectivity index is 1.15. The van der Waals surface area contributed by atoms with E-state index in [4.69, 9.17) is 22.9 Å². The number of carbonyl (C=O) groups is 1. The number of aromatic nitrogens is 1. The lowest BCUT2D eigenvalue weighted by atomic mass is 9.49. The number of anilines is 1. The van der Waals surface area contributed by atoms with E-state index in [0.717, 1.165) is 51.0 Å². The Bertz CT molecular complexity index is 1230. The number of carbonyl (C=O) groups excluding carboxylic acids is 1. The van der Waals surface area contributed by atoms with E-state index in [2.05, 4.69) is 58.0 Å². The van der Waals surface area contributed by atoms with E-state index in [1.807, 2.05) is 12.1 Å². The number of ether oxygens (including phenoxy) is 1. The Morgan fingerprint density at radius 1 is 1.12 bits per heavy atom. The maximum atomic E-state index is 13.3. The minimum Gasteiger partial charge on any atom is -0.489 e. The topological polar surface area (TPSA) is 74.1 Å². The predicted octanol–water partition coefficient (Wildman–Crippen LogP) is 5.02. The van der Waals surface area contributed by atoms with E-state index < -0.39 is 0 Å². The summed E-state index contributed by atoms with van der Waals surface area (Å²) in [5, 5.41) is 7.08. The highest BCUT2D eigenvalue weighted by Gasteiger charge is 2.64. The molecule has 1 aliphatic carbocycles. The molecule has 0 radical (unpaired) electrons. The second-order valence-corrected chi connectivity index (χ2v) is 13.1. The number of nitrogens with zero attached hydrogens (tertiary/aromatic N) is 4. The largest absolute Gasteiger partial charge is 0.489 e. The van der Waals surface area contributed by atoms with Crippen LogP contribution in [-0.4, -0.2) is 73.8 Å². The van der Waals surface area contributed by atoms with Crippen LogP contribution in [-0.2, 0) is 0 Å². The molecular formula is C31H41ClN6O2. The van der Waals surface area contributed by atoms with Gasteiger partial charge in [0.2, 0.25) is 5.69 Å². The molecule has 1 amide bonds. The van der Waals surface area contributed by atoms with Crippen molar-refractivity contribution in [2.24, 2.45) is 16.7 Å². The molecule has 3 aliphatic rings. The van der Waals surface area contributed by atoms with Gasteiger partial charge in [-0.1, -0.05) is 45.4 Å². The van der Waals surface area contributed by atoms with Crippen LogP contribution in [0.1, 0.15) is 50.9 Å². The number of piperidine rings is 1. The lowest BCUT2D eigenvalue weighted by Gasteiger charge is -2.63. The molecule has 2 N–H and O–H groups in total. The number of benzene rings is 1. The van der Waals surface area contributed by atoms with E-state index in [1.165, 1.54) is 19.4 Å². The van der Waals surface area contributed by atoms with Crippen LogP contribution in [0.2, 0.25) is 5.02 Å². The van der Waals surface area contributed by atoms with Crippen LogP contribution in [0, 0.1) is 23.3 Å². The smallest absolute Gasteiger partial charge is 0.253 e. The summed E-state index contributed by atoms with van der Waals surface area (Å²) in [6, 6.07) is 8.90. The number of halogens is 1. The molecule has 9 heteroatoms. The van der Waals surface area contributed by atoms with Crippen LogP contribution in [0.3, 0.4) is 0 Å². The predicted molar refractivity (Wildman–Crippen MR) is 159 cm³/mol. The van der Waals surface area contributed by atoms with E-state index in [0.29, 0.717) is 22.0 Å². The SMILES string of the molecule is [C-]#[N+]c1ccc(OC2C(C)(C)C(NC(=O)c3ccc(N4CCN(CC5CCNCC5)CC4)nc3)C2(C)C)cc1Cl. The molecule has 1 aromatic carbocycles. The molecule has 2 saturated heterocycles. The first-order chi connectivity index (χ1) is 19.1. The maximum Gasteiger partial charge on any atom is 0.253 e. The van der Waals surface area contributed by atoms with Crippen molar-refractivity contribution in [2.45, 2.75) is 52.7 Å². The van der Waals surface area contributed by atoms with Gasteiger partial charge in [-0.15, -0.1) is 0 Å². The zero-order chi connectivity index (χ0) is 28.5. The van der Waals surface area contributed by atoms with Gasteiger partial charge in [-0.05, 0) is 56.1 Å². The lowest BCUT2D eigenvalue weighted by Crippen LogP contribution is -2.74. The average Bonchev–Trinajstić information content (AvgIpc) is 2.95. The number of nitrogens with one attached hydrogen (secondary N) is 2. The second kappa shape index (κ2) is 11.6. The standard InChI is InChI=1S/C31H41ClN6O2/c1-30(2)28(31(3,4)29(30)40-23-7-8-25(33-5)24(32)18-23)36-27(39)22-6-9-26(35-19-22)38-16-14-37(15-17-38)20-21-10-12-34-13-11-21/h6-9,18-19,21,28-29,34H,10-17,20H2,1-4H3,(H,36,39). The van der Waals surface area contributed by atoms with Crippen molar-refractivity contribution >= 4 is 29.0 Å². The molecule has 2 aromatic rings. The third kappa shape index (κ3) is 5.79. The molecule has 40 heavy (non-hydrogen) atoms. The molecule has 1 saturated carbocycles. The molecule has 0 spiro atoms. The second-order valence-electron chi connectivity index (χ2n) is 12.7. The summed E-state index contributed by atoms with van der Waals surface area (Å²) >= 11 is 6.22. The van der Waals surface area contributed by atoms with Gasteiger partial charge in [-0.3, -0.25) is 9.69 Å². The fraction of sp³-hybridized carbons (Fsp3) is 0.581. The van der Waals surface area contributed by atoms with Crippen LogP contribution in [0.25, 0.3) is 4.85 Å². The fourth-order valence-corrected chi connectivity index (χ4v) is 7.31. The van der Waals surface area contributed by atoms with Crippen LogP contribution >= 0.6 is 11.6 Å². The van der Waals surface area contributed by atoms with Crippen molar-refractivity contribution in [3.8, 4) is 5.75 Å². The Morgan fingerprint density at radius 2 is 1.82 bits per heavy atom. The third-order valence-corrected chi connectivity index (χ3v) is 9.39. The molecule has 8 nitrogen and oxygen atoms in total. The van der Waals surface area contributed by atoms with Crippen molar-refractivity contribution in [3.63, 3.8) is 0 Å². The Morgan fingerprint density at radius 3 is 2.42 bits per heavy atom. The first-order valence-electron chi connectivity index (χ1n) is 14.4. The van der Waals surface area contributed by atoms with E-state index in [9.17, 15) is 4.79 Å². The van der Waals surface area contributed by atoms with Crippen LogP contribution in [0.4, 0.5) is 11.5 Å². The van der Waals surface area contributed by atoms with Gasteiger partial charge in [-0.25, -0.2) is 9.83 Å². The molecule has 1 aromatic heterocycles. The van der Waals surface area contributed by atoms with Gasteiger partial charge in [0.1, 0.15) is 17.7 Å². The quantitative estimate of drug-likeness (QED) is 0.460. The van der Waals surface area contributed by atoms with Crippen molar-refractivity contribution in [2.75, 3.05) is 50.7 Å². The zero-order valence-electron chi connectivity index (χ0n) is 24.0. The number of hydrogen-bond donors (Lipinski definition) is 2. The highest BCUT2D eigenvalue weighted by atomic mass is 35.5. The van der Waals surface area contributed by atoms with E-state index in [1.54, 1.807) is 24.4 Å². The van der Waals surface area contributed by atoms with Crippen molar-refractivity contribution in [3.05, 3.63) is 58.5 Å². The van der Waals surface area contributed by atoms with E-state index >= 15 is 0 Å². The zero-order valence-corrected chi connectivity index (χ0v) is 24.8. The maximum absolute atomic E-state index is 13.3. The highest BCUT2D eigenvalue weighted by molar-refractivity contribution is 6.33. The van der Waals surface area contributed by atoms with Gasteiger partial charge in [-0.2, -0.15) is 0 Å². The van der Waals surface area contributed by atoms with Crippen LogP contribution in [0.15, 0.2) is 36.5 Å². The first kappa shape index (κ1) is 28.7. The monoisotopic (exact) mass is 564 g/mol. The van der Waals surface area contributed by atoms with Crippen molar-refractivity contribution in [1.82, 2.24) is 20.5 Å². The third-order valence-electron chi connectivity index (χ3n) is 9.09. The molecule has 214 valence electrons. The molecule has 2 aliphatic heterocycles. The number of hydrogen-bond acceptors (Lipinski definition) is 6. The number of amides is 1. The molecule has 0 bridgehead atoms. The van der Waals surface area contributed by atoms with Crippen LogP contribution in [0.5, 0.6) is 5.75 Å². The number of rotatable bonds is 7. The molecule has 3 heterocycles. The fourth-order valence-electron chi connectivity index (χ4n) is 7.10. The van der Waals surface area contributed by atoms with E-state index in [-0.39, 0.29) is 28.9 Å². The normalized spacial score (nSPS) is 24.6. The van der Waals surface area contributed by atoms with Gasteiger partial charge in [0.25, 0.3) is 5.91 Å². The summed E-state index contributed by atoms with van der Waals surface area (Å²) in [6.07, 6.45) is 4.11. The summed E-state index contributed by atoms with van der Waals surface area (Å²) in [7, 11) is 0. The summed E-state index contributed by atoms with van der Waals surface area (Å²) in [5.74, 6) is 2.24. The number of pyridine rings is 1. The summed E-state index contributed by atoms with van der Waals surface area (Å²) in [5.41, 5.74) is 0.336. The Kier molecular flexibility index (Phi) is 8.28. The summed E-state index contributed by atoms with van der Waals surface area (Å²) in [4.78, 5) is 26.2. The summed E-state index contributed by atoms with van der Waals surface area (Å²) in [6.45, 7) is 23.1. The highest BCUT2D eigenvalue weighted by Crippen LogP contribution is 2.55. The first-order valence-corrected chi connectivity index (χ1v) is 14.8. The Labute approximate surface area is 243 Å². The van der Waals surface area contributed by atoms with Gasteiger partial charge < -0.3 is 20.3 Å². The minimum absolute atomic E-state index is 0.0943. The van der Waals surface area contributed by atoms with Gasteiger partial charge in [0.15, 0.2) is 0 Å². The molecule has 3 fully saturated rings. The summed E-state index contributed by atoms with van der Waals surface area (Å²) < 4.78 is 6.35.